The highest BCUT2D eigenvalue weighted by molar-refractivity contribution is 5.88. The van der Waals surface area contributed by atoms with E-state index in [9.17, 15) is 31.9 Å². The maximum absolute atomic E-state index is 13.6. The SMILES string of the molecule is CCN(C(=O)Nc1cnc(Oc2ccc(F)cc2F)cn1)C1C[C@]1(O)C(F)(F)F. The Hall–Kier alpha value is -3.02. The summed E-state index contributed by atoms with van der Waals surface area (Å²) in [4.78, 5) is 20.7. The number of rotatable bonds is 5. The van der Waals surface area contributed by atoms with E-state index in [4.69, 9.17) is 4.74 Å². The average Bonchev–Trinajstić information content (AvgIpc) is 3.32. The van der Waals surface area contributed by atoms with Gasteiger partial charge in [0, 0.05) is 19.0 Å². The molecule has 2 amide bonds. The summed E-state index contributed by atoms with van der Waals surface area (Å²) in [5.41, 5.74) is -2.93. The van der Waals surface area contributed by atoms with Gasteiger partial charge in [-0.05, 0) is 19.1 Å². The molecule has 29 heavy (non-hydrogen) atoms. The molecule has 7 nitrogen and oxygen atoms in total. The van der Waals surface area contributed by atoms with Crippen molar-refractivity contribution in [3.63, 3.8) is 0 Å². The van der Waals surface area contributed by atoms with Gasteiger partial charge < -0.3 is 14.7 Å². The number of aliphatic hydroxyl groups is 1. The molecule has 2 N–H and O–H groups in total. The molecule has 1 heterocycles. The van der Waals surface area contributed by atoms with Gasteiger partial charge in [0.15, 0.2) is 23.0 Å². The number of hydrogen-bond acceptors (Lipinski definition) is 5. The third-order valence-electron chi connectivity index (χ3n) is 4.34. The largest absolute Gasteiger partial charge is 0.434 e. The fourth-order valence-electron chi connectivity index (χ4n) is 2.70. The van der Waals surface area contributed by atoms with Crippen LogP contribution in [0.5, 0.6) is 11.6 Å². The summed E-state index contributed by atoms with van der Waals surface area (Å²) < 4.78 is 70.1. The lowest BCUT2D eigenvalue weighted by molar-refractivity contribution is -0.223. The molecule has 1 saturated carbocycles. The van der Waals surface area contributed by atoms with Crippen molar-refractivity contribution in [1.82, 2.24) is 14.9 Å². The van der Waals surface area contributed by atoms with Crippen molar-refractivity contribution in [1.29, 1.82) is 0 Å². The molecule has 2 aromatic rings. The van der Waals surface area contributed by atoms with E-state index in [1.807, 2.05) is 0 Å². The minimum atomic E-state index is -4.85. The number of amides is 2. The minimum Gasteiger partial charge on any atom is -0.434 e. The van der Waals surface area contributed by atoms with Crippen LogP contribution in [-0.2, 0) is 0 Å². The molecule has 156 valence electrons. The minimum absolute atomic E-state index is 0.0760. The molecule has 3 rings (SSSR count). The van der Waals surface area contributed by atoms with Crippen LogP contribution in [0.4, 0.5) is 32.6 Å². The Morgan fingerprint density at radius 2 is 2.07 bits per heavy atom. The van der Waals surface area contributed by atoms with E-state index in [2.05, 4.69) is 15.3 Å². The monoisotopic (exact) mass is 418 g/mol. The first kappa shape index (κ1) is 20.7. The van der Waals surface area contributed by atoms with Crippen LogP contribution >= 0.6 is 0 Å². The highest BCUT2D eigenvalue weighted by Gasteiger charge is 2.72. The Bertz CT molecular complexity index is 909. The summed E-state index contributed by atoms with van der Waals surface area (Å²) >= 11 is 0. The summed E-state index contributed by atoms with van der Waals surface area (Å²) in [7, 11) is 0. The molecule has 0 spiro atoms. The normalized spacial score (nSPS) is 20.9. The first-order valence-electron chi connectivity index (χ1n) is 8.37. The van der Waals surface area contributed by atoms with Crippen molar-refractivity contribution in [3.05, 3.63) is 42.2 Å². The maximum atomic E-state index is 13.6. The van der Waals surface area contributed by atoms with Crippen LogP contribution in [0.25, 0.3) is 0 Å². The number of carbonyl (C=O) groups excluding carboxylic acids is 1. The van der Waals surface area contributed by atoms with Crippen LogP contribution in [0.1, 0.15) is 13.3 Å². The van der Waals surface area contributed by atoms with Crippen LogP contribution in [0.15, 0.2) is 30.6 Å². The van der Waals surface area contributed by atoms with Gasteiger partial charge in [-0.2, -0.15) is 13.2 Å². The predicted molar refractivity (Wildman–Crippen MR) is 89.3 cm³/mol. The van der Waals surface area contributed by atoms with Gasteiger partial charge in [0.05, 0.1) is 18.4 Å². The highest BCUT2D eigenvalue weighted by Crippen LogP contribution is 2.51. The summed E-state index contributed by atoms with van der Waals surface area (Å²) in [5.74, 6) is -2.29. The van der Waals surface area contributed by atoms with E-state index < -0.39 is 41.9 Å². The number of carbonyl (C=O) groups is 1. The molecule has 0 radical (unpaired) electrons. The molecule has 1 fully saturated rings. The zero-order valence-corrected chi connectivity index (χ0v) is 14.9. The first-order chi connectivity index (χ1) is 13.5. The van der Waals surface area contributed by atoms with Crippen LogP contribution in [-0.4, -0.2) is 50.4 Å². The van der Waals surface area contributed by atoms with Crippen LogP contribution < -0.4 is 10.1 Å². The number of nitrogens with zero attached hydrogens (tertiary/aromatic N) is 3. The van der Waals surface area contributed by atoms with Gasteiger partial charge in [-0.25, -0.2) is 23.5 Å². The number of halogens is 5. The third kappa shape index (κ3) is 4.21. The van der Waals surface area contributed by atoms with Crippen molar-refractivity contribution >= 4 is 11.8 Å². The Labute approximate surface area is 161 Å². The maximum Gasteiger partial charge on any atom is 0.419 e. The Kier molecular flexibility index (Phi) is 5.30. The van der Waals surface area contributed by atoms with E-state index >= 15 is 0 Å². The second kappa shape index (κ2) is 7.43. The number of benzene rings is 1. The number of urea groups is 1. The molecule has 1 aliphatic carbocycles. The second-order valence-corrected chi connectivity index (χ2v) is 6.27. The number of likely N-dealkylation sites (N-methyl/N-ethyl adjacent to an activating group) is 1. The summed E-state index contributed by atoms with van der Waals surface area (Å²) in [6, 6.07) is 0.365. The Balaban J connectivity index is 1.64. The number of anilines is 1. The van der Waals surface area contributed by atoms with Gasteiger partial charge in [-0.15, -0.1) is 0 Å². The fourth-order valence-corrected chi connectivity index (χ4v) is 2.70. The molecule has 1 aromatic heterocycles. The summed E-state index contributed by atoms with van der Waals surface area (Å²) in [6.45, 7) is 1.39. The van der Waals surface area contributed by atoms with Crippen LogP contribution in [0, 0.1) is 11.6 Å². The third-order valence-corrected chi connectivity index (χ3v) is 4.34. The van der Waals surface area contributed by atoms with E-state index in [1.165, 1.54) is 6.92 Å². The number of aromatic nitrogens is 2. The summed E-state index contributed by atoms with van der Waals surface area (Å²) in [6.07, 6.45) is -3.37. The number of nitrogens with one attached hydrogen (secondary N) is 1. The molecule has 0 bridgehead atoms. The zero-order valence-electron chi connectivity index (χ0n) is 14.9. The van der Waals surface area contributed by atoms with Crippen molar-refractivity contribution in [2.75, 3.05) is 11.9 Å². The molecule has 2 atom stereocenters. The van der Waals surface area contributed by atoms with E-state index in [-0.39, 0.29) is 24.0 Å². The lowest BCUT2D eigenvalue weighted by atomic mass is 10.3. The predicted octanol–water partition coefficient (Wildman–Crippen LogP) is 3.47. The molecule has 0 saturated heterocycles. The molecular weight excluding hydrogens is 403 g/mol. The fraction of sp³-hybridized carbons (Fsp3) is 0.353. The zero-order chi connectivity index (χ0) is 21.4. The van der Waals surface area contributed by atoms with Crippen molar-refractivity contribution < 1.29 is 36.6 Å². The second-order valence-electron chi connectivity index (χ2n) is 6.27. The topological polar surface area (TPSA) is 87.6 Å². The van der Waals surface area contributed by atoms with Gasteiger partial charge >= 0.3 is 12.2 Å². The Morgan fingerprint density at radius 3 is 2.59 bits per heavy atom. The molecular formula is C17H15F5N4O3. The highest BCUT2D eigenvalue weighted by atomic mass is 19.4. The van der Waals surface area contributed by atoms with Gasteiger partial charge in [-0.3, -0.25) is 5.32 Å². The first-order valence-corrected chi connectivity index (χ1v) is 8.37. The molecule has 12 heteroatoms. The van der Waals surface area contributed by atoms with Crippen LogP contribution in [0.2, 0.25) is 0 Å². The molecule has 1 aromatic carbocycles. The van der Waals surface area contributed by atoms with E-state index in [0.29, 0.717) is 6.07 Å². The Morgan fingerprint density at radius 1 is 1.34 bits per heavy atom. The number of hydrogen-bond donors (Lipinski definition) is 2. The number of ether oxygens (including phenoxy) is 1. The van der Waals surface area contributed by atoms with Gasteiger partial charge in [0.25, 0.3) is 0 Å². The standard InChI is InChI=1S/C17H15F5N4O3/c1-2-26(12-6-16(12,28)17(20,21)22)15(27)25-13-7-24-14(8-23-13)29-11-4-3-9(18)5-10(11)19/h3-5,7-8,12,28H,2,6H2,1H3,(H,23,25,27)/t12?,16-/m1/s1. The van der Waals surface area contributed by atoms with Crippen molar-refractivity contribution in [3.8, 4) is 11.6 Å². The van der Waals surface area contributed by atoms with Crippen LogP contribution in [0.3, 0.4) is 0 Å². The summed E-state index contributed by atoms with van der Waals surface area (Å²) in [5, 5.41) is 11.9. The molecule has 0 aliphatic heterocycles. The van der Waals surface area contributed by atoms with Gasteiger partial charge in [0.2, 0.25) is 5.88 Å². The average molecular weight is 418 g/mol. The lowest BCUT2D eigenvalue weighted by Crippen LogP contribution is -2.45. The molecule has 1 unspecified atom stereocenters. The smallest absolute Gasteiger partial charge is 0.419 e. The van der Waals surface area contributed by atoms with Gasteiger partial charge in [-0.1, -0.05) is 0 Å². The van der Waals surface area contributed by atoms with Gasteiger partial charge in [0.1, 0.15) is 5.82 Å². The van der Waals surface area contributed by atoms with Crippen molar-refractivity contribution in [2.45, 2.75) is 31.2 Å². The van der Waals surface area contributed by atoms with E-state index in [1.54, 1.807) is 0 Å². The lowest BCUT2D eigenvalue weighted by Gasteiger charge is -2.24. The van der Waals surface area contributed by atoms with E-state index in [0.717, 1.165) is 29.4 Å². The molecule has 1 aliphatic rings. The number of alkyl halides is 3. The van der Waals surface area contributed by atoms with Crippen molar-refractivity contribution in [2.24, 2.45) is 0 Å². The quantitative estimate of drug-likeness (QED) is 0.727.